The van der Waals surface area contributed by atoms with Crippen LogP contribution < -0.4 is 9.47 Å². The van der Waals surface area contributed by atoms with Crippen LogP contribution >= 0.6 is 0 Å². The normalized spacial score (nSPS) is 20.7. The van der Waals surface area contributed by atoms with E-state index in [1.54, 1.807) is 0 Å². The zero-order valence-electron chi connectivity index (χ0n) is 19.0. The molecular weight excluding hydrogens is 396 g/mol. The Bertz CT molecular complexity index is 803. The van der Waals surface area contributed by atoms with Crippen LogP contribution in [0.1, 0.15) is 83.3 Å². The molecule has 2 rings (SSSR count). The lowest BCUT2D eigenvalue weighted by molar-refractivity contribution is -0.143. The second kappa shape index (κ2) is 11.1. The first kappa shape index (κ1) is 24.6. The van der Waals surface area contributed by atoms with Crippen molar-refractivity contribution >= 4 is 17.9 Å². The number of carbonyl (C=O) groups is 3. The fourth-order valence-electron chi connectivity index (χ4n) is 4.53. The van der Waals surface area contributed by atoms with Gasteiger partial charge in [0.2, 0.25) is 0 Å². The van der Waals surface area contributed by atoms with E-state index in [9.17, 15) is 19.5 Å². The Kier molecular flexibility index (Phi) is 8.84. The number of ether oxygens (including phenoxy) is 2. The summed E-state index contributed by atoms with van der Waals surface area (Å²) in [5.41, 5.74) is 2.44. The van der Waals surface area contributed by atoms with Gasteiger partial charge in [-0.25, -0.2) is 0 Å². The van der Waals surface area contributed by atoms with Crippen molar-refractivity contribution in [3.05, 3.63) is 35.4 Å². The Morgan fingerprint density at radius 1 is 1.03 bits per heavy atom. The Hall–Kier alpha value is -2.63. The third-order valence-corrected chi connectivity index (χ3v) is 5.94. The van der Waals surface area contributed by atoms with Crippen molar-refractivity contribution in [2.45, 2.75) is 78.6 Å². The lowest BCUT2D eigenvalue weighted by Crippen LogP contribution is -2.29. The van der Waals surface area contributed by atoms with Crippen molar-refractivity contribution in [3.8, 4) is 11.5 Å². The molecule has 0 bridgehead atoms. The molecule has 1 aromatic carbocycles. The van der Waals surface area contributed by atoms with Crippen LogP contribution in [0.25, 0.3) is 0 Å². The first-order chi connectivity index (χ1) is 14.6. The molecule has 3 atom stereocenters. The maximum absolute atomic E-state index is 11.9. The number of carbonyl (C=O) groups excluding carboxylic acids is 2. The van der Waals surface area contributed by atoms with Crippen molar-refractivity contribution in [2.24, 2.45) is 11.8 Å². The molecule has 6 heteroatoms. The summed E-state index contributed by atoms with van der Waals surface area (Å²) in [6.07, 6.45) is 5.46. The smallest absolute Gasteiger partial charge is 0.308 e. The standard InChI is InChI=1S/C25H34O6/c1-6-7-8-9-18-12-22(30-16(4)26)24(23(13-18)31-17(5)27)21-14-19(25(28)29)10-11-20(21)15(2)3/h12-13,19-21H,2,6-11,14H2,1,3-5H3,(H,28,29)/t19?,20-,21+/m0/s1. The van der Waals surface area contributed by atoms with Gasteiger partial charge in [-0.3, -0.25) is 14.4 Å². The maximum Gasteiger partial charge on any atom is 0.308 e. The summed E-state index contributed by atoms with van der Waals surface area (Å²) in [5.74, 6) is -1.88. The number of carboxylic acid groups (broad SMARTS) is 1. The molecule has 1 aliphatic carbocycles. The Morgan fingerprint density at radius 3 is 2.06 bits per heavy atom. The summed E-state index contributed by atoms with van der Waals surface area (Å²) < 4.78 is 11.2. The molecule has 1 N–H and O–H groups in total. The van der Waals surface area contributed by atoms with Gasteiger partial charge in [0.15, 0.2) is 0 Å². The van der Waals surface area contributed by atoms with E-state index in [0.29, 0.717) is 36.3 Å². The minimum absolute atomic E-state index is 0.00478. The van der Waals surface area contributed by atoms with Gasteiger partial charge in [-0.05, 0) is 68.6 Å². The Morgan fingerprint density at radius 2 is 1.61 bits per heavy atom. The van der Waals surface area contributed by atoms with E-state index in [0.717, 1.165) is 36.8 Å². The maximum atomic E-state index is 11.9. The molecule has 1 aromatic rings. The third-order valence-electron chi connectivity index (χ3n) is 5.94. The number of hydrogen-bond donors (Lipinski definition) is 1. The van der Waals surface area contributed by atoms with E-state index in [1.807, 2.05) is 19.1 Å². The molecule has 1 unspecified atom stereocenters. The van der Waals surface area contributed by atoms with Crippen LogP contribution in [-0.4, -0.2) is 23.0 Å². The zero-order valence-corrected chi connectivity index (χ0v) is 19.0. The average molecular weight is 431 g/mol. The molecule has 0 spiro atoms. The number of benzene rings is 1. The summed E-state index contributed by atoms with van der Waals surface area (Å²) >= 11 is 0. The summed E-state index contributed by atoms with van der Waals surface area (Å²) in [5, 5.41) is 9.63. The predicted molar refractivity (Wildman–Crippen MR) is 118 cm³/mol. The molecule has 170 valence electrons. The number of rotatable bonds is 9. The fourth-order valence-corrected chi connectivity index (χ4v) is 4.53. The number of unbranched alkanes of at least 4 members (excludes halogenated alkanes) is 2. The van der Waals surface area contributed by atoms with Gasteiger partial charge in [-0.15, -0.1) is 0 Å². The van der Waals surface area contributed by atoms with E-state index in [1.165, 1.54) is 13.8 Å². The van der Waals surface area contributed by atoms with Gasteiger partial charge in [0.25, 0.3) is 0 Å². The summed E-state index contributed by atoms with van der Waals surface area (Å²) in [6, 6.07) is 3.67. The highest BCUT2D eigenvalue weighted by molar-refractivity contribution is 5.74. The molecule has 0 saturated heterocycles. The van der Waals surface area contributed by atoms with Crippen LogP contribution in [0.15, 0.2) is 24.3 Å². The number of allylic oxidation sites excluding steroid dienone is 1. The monoisotopic (exact) mass is 430 g/mol. The molecule has 0 radical (unpaired) electrons. The molecule has 0 amide bonds. The van der Waals surface area contributed by atoms with Crippen LogP contribution in [0.2, 0.25) is 0 Å². The van der Waals surface area contributed by atoms with Crippen LogP contribution in [0.4, 0.5) is 0 Å². The minimum Gasteiger partial charge on any atom is -0.481 e. The molecule has 0 aromatic heterocycles. The first-order valence-electron chi connectivity index (χ1n) is 11.1. The summed E-state index contributed by atoms with van der Waals surface area (Å²) in [6.45, 7) is 10.8. The molecule has 0 aliphatic heterocycles. The van der Waals surface area contributed by atoms with Crippen molar-refractivity contribution in [2.75, 3.05) is 0 Å². The molecule has 31 heavy (non-hydrogen) atoms. The van der Waals surface area contributed by atoms with Gasteiger partial charge in [0.05, 0.1) is 5.92 Å². The van der Waals surface area contributed by atoms with E-state index in [4.69, 9.17) is 9.47 Å². The second-order valence-electron chi connectivity index (χ2n) is 8.56. The number of aryl methyl sites for hydroxylation is 1. The van der Waals surface area contributed by atoms with Crippen LogP contribution in [0, 0.1) is 11.8 Å². The van der Waals surface area contributed by atoms with Gasteiger partial charge in [0, 0.05) is 19.4 Å². The average Bonchev–Trinajstić information content (AvgIpc) is 2.66. The Balaban J connectivity index is 2.63. The van der Waals surface area contributed by atoms with E-state index >= 15 is 0 Å². The minimum atomic E-state index is -0.843. The van der Waals surface area contributed by atoms with Crippen molar-refractivity contribution in [1.82, 2.24) is 0 Å². The molecule has 1 aliphatic rings. The van der Waals surface area contributed by atoms with Gasteiger partial charge in [0.1, 0.15) is 11.5 Å². The van der Waals surface area contributed by atoms with Gasteiger partial charge in [-0.1, -0.05) is 31.9 Å². The van der Waals surface area contributed by atoms with Crippen molar-refractivity contribution in [3.63, 3.8) is 0 Å². The summed E-state index contributed by atoms with van der Waals surface area (Å²) in [7, 11) is 0. The van der Waals surface area contributed by atoms with Crippen molar-refractivity contribution < 1.29 is 29.0 Å². The van der Waals surface area contributed by atoms with E-state index in [-0.39, 0.29) is 11.8 Å². The molecule has 0 heterocycles. The SMILES string of the molecule is C=C(C)[C@@H]1CCC(C(=O)O)C[C@H]1c1c(OC(C)=O)cc(CCCCC)cc1OC(C)=O. The third kappa shape index (κ3) is 6.68. The molecular formula is C25H34O6. The number of esters is 2. The number of aliphatic carboxylic acids is 1. The second-order valence-corrected chi connectivity index (χ2v) is 8.56. The number of hydrogen-bond acceptors (Lipinski definition) is 5. The molecule has 1 saturated carbocycles. The van der Waals surface area contributed by atoms with E-state index in [2.05, 4.69) is 13.5 Å². The van der Waals surface area contributed by atoms with Crippen LogP contribution in [0.3, 0.4) is 0 Å². The topological polar surface area (TPSA) is 89.9 Å². The van der Waals surface area contributed by atoms with Crippen LogP contribution in [0.5, 0.6) is 11.5 Å². The zero-order chi connectivity index (χ0) is 23.1. The summed E-state index contributed by atoms with van der Waals surface area (Å²) in [4.78, 5) is 35.5. The first-order valence-corrected chi connectivity index (χ1v) is 11.1. The number of carboxylic acids is 1. The Labute approximate surface area is 184 Å². The lowest BCUT2D eigenvalue weighted by atomic mass is 9.68. The fraction of sp³-hybridized carbons (Fsp3) is 0.560. The largest absolute Gasteiger partial charge is 0.481 e. The predicted octanol–water partition coefficient (Wildman–Crippen LogP) is 5.43. The van der Waals surface area contributed by atoms with E-state index < -0.39 is 23.8 Å². The van der Waals surface area contributed by atoms with Crippen LogP contribution in [-0.2, 0) is 20.8 Å². The van der Waals surface area contributed by atoms with Crippen molar-refractivity contribution in [1.29, 1.82) is 0 Å². The van der Waals surface area contributed by atoms with Gasteiger partial charge >= 0.3 is 17.9 Å². The van der Waals surface area contributed by atoms with Gasteiger partial charge < -0.3 is 14.6 Å². The highest BCUT2D eigenvalue weighted by atomic mass is 16.5. The van der Waals surface area contributed by atoms with Gasteiger partial charge in [-0.2, -0.15) is 0 Å². The molecule has 6 nitrogen and oxygen atoms in total. The quantitative estimate of drug-likeness (QED) is 0.243. The highest BCUT2D eigenvalue weighted by Crippen LogP contribution is 2.50. The molecule has 1 fully saturated rings. The highest BCUT2D eigenvalue weighted by Gasteiger charge is 2.38. The lowest BCUT2D eigenvalue weighted by Gasteiger charge is -2.36.